The minimum Gasteiger partial charge on any atom is -0.262 e. The van der Waals surface area contributed by atoms with E-state index in [4.69, 9.17) is 4.98 Å². The van der Waals surface area contributed by atoms with E-state index >= 15 is 0 Å². The maximum Gasteiger partial charge on any atom is 0.158 e. The highest BCUT2D eigenvalue weighted by Gasteiger charge is 2.14. The third-order valence-electron chi connectivity index (χ3n) is 3.73. The average Bonchev–Trinajstić information content (AvgIpc) is 2.89. The van der Waals surface area contributed by atoms with Gasteiger partial charge in [0.15, 0.2) is 5.65 Å². The lowest BCUT2D eigenvalue weighted by Gasteiger charge is -2.10. The lowest BCUT2D eigenvalue weighted by Crippen LogP contribution is -2.01. The second-order valence-corrected chi connectivity index (χ2v) is 5.63. The standard InChI is InChI=1S/C17H20N4/c1-5-21-17-15(10-19-21)14(9-16(20-17)11(2)3)13-6-7-18-12(4)8-13/h6-11H,5H2,1-4H3. The van der Waals surface area contributed by atoms with Crippen molar-refractivity contribution >= 4 is 11.0 Å². The summed E-state index contributed by atoms with van der Waals surface area (Å²) in [5, 5.41) is 5.56. The first-order valence-corrected chi connectivity index (χ1v) is 7.39. The Morgan fingerprint density at radius 1 is 1.24 bits per heavy atom. The molecule has 0 aliphatic rings. The molecule has 0 bridgehead atoms. The van der Waals surface area contributed by atoms with Crippen molar-refractivity contribution in [3.63, 3.8) is 0 Å². The van der Waals surface area contributed by atoms with Crippen molar-refractivity contribution in [3.05, 3.63) is 42.0 Å². The van der Waals surface area contributed by atoms with Crippen LogP contribution in [0.3, 0.4) is 0 Å². The van der Waals surface area contributed by atoms with Gasteiger partial charge in [-0.25, -0.2) is 9.67 Å². The van der Waals surface area contributed by atoms with Gasteiger partial charge in [-0.05, 0) is 49.1 Å². The summed E-state index contributed by atoms with van der Waals surface area (Å²) in [6.45, 7) is 9.27. The van der Waals surface area contributed by atoms with Gasteiger partial charge >= 0.3 is 0 Å². The number of aryl methyl sites for hydroxylation is 2. The van der Waals surface area contributed by atoms with Crippen molar-refractivity contribution in [3.8, 4) is 11.1 Å². The molecule has 0 spiro atoms. The zero-order chi connectivity index (χ0) is 15.0. The summed E-state index contributed by atoms with van der Waals surface area (Å²) in [6, 6.07) is 6.35. The summed E-state index contributed by atoms with van der Waals surface area (Å²) < 4.78 is 1.96. The molecule has 0 amide bonds. The van der Waals surface area contributed by atoms with Crippen LogP contribution in [-0.2, 0) is 6.54 Å². The van der Waals surface area contributed by atoms with Crippen LogP contribution in [0.2, 0.25) is 0 Å². The summed E-state index contributed by atoms with van der Waals surface area (Å²) in [7, 11) is 0. The SMILES string of the molecule is CCn1ncc2c(-c3ccnc(C)c3)cc(C(C)C)nc21. The highest BCUT2D eigenvalue weighted by Crippen LogP contribution is 2.30. The molecule has 0 N–H and O–H groups in total. The van der Waals surface area contributed by atoms with Crippen molar-refractivity contribution in [1.29, 1.82) is 0 Å². The molecular weight excluding hydrogens is 260 g/mol. The number of nitrogens with zero attached hydrogens (tertiary/aromatic N) is 4. The van der Waals surface area contributed by atoms with Gasteiger partial charge in [0.05, 0.1) is 6.20 Å². The van der Waals surface area contributed by atoms with Gasteiger partial charge in [-0.2, -0.15) is 5.10 Å². The van der Waals surface area contributed by atoms with Crippen LogP contribution in [0.4, 0.5) is 0 Å². The summed E-state index contributed by atoms with van der Waals surface area (Å²) in [6.07, 6.45) is 3.78. The fraction of sp³-hybridized carbons (Fsp3) is 0.353. The molecule has 4 nitrogen and oxygen atoms in total. The number of hydrogen-bond donors (Lipinski definition) is 0. The molecule has 3 heterocycles. The molecule has 3 aromatic rings. The van der Waals surface area contributed by atoms with Crippen LogP contribution in [0.5, 0.6) is 0 Å². The zero-order valence-corrected chi connectivity index (χ0v) is 13.0. The Balaban J connectivity index is 2.32. The number of rotatable bonds is 3. The van der Waals surface area contributed by atoms with Crippen LogP contribution in [0.25, 0.3) is 22.2 Å². The van der Waals surface area contributed by atoms with Crippen molar-refractivity contribution in [2.75, 3.05) is 0 Å². The fourth-order valence-corrected chi connectivity index (χ4v) is 2.55. The van der Waals surface area contributed by atoms with Crippen molar-refractivity contribution in [2.24, 2.45) is 0 Å². The minimum absolute atomic E-state index is 0.385. The van der Waals surface area contributed by atoms with Crippen LogP contribution in [-0.4, -0.2) is 19.7 Å². The molecule has 0 aliphatic heterocycles. The Hall–Kier alpha value is -2.23. The second kappa shape index (κ2) is 5.28. The molecular formula is C17H20N4. The van der Waals surface area contributed by atoms with Gasteiger partial charge in [0.2, 0.25) is 0 Å². The van der Waals surface area contributed by atoms with E-state index in [2.05, 4.69) is 49.1 Å². The van der Waals surface area contributed by atoms with Crippen molar-refractivity contribution in [1.82, 2.24) is 19.7 Å². The summed E-state index contributed by atoms with van der Waals surface area (Å²) in [5.74, 6) is 0.385. The van der Waals surface area contributed by atoms with E-state index < -0.39 is 0 Å². The molecule has 3 aromatic heterocycles. The van der Waals surface area contributed by atoms with Gasteiger partial charge in [-0.3, -0.25) is 4.98 Å². The van der Waals surface area contributed by atoms with E-state index in [-0.39, 0.29) is 0 Å². The predicted octanol–water partition coefficient (Wildman–Crippen LogP) is 3.95. The van der Waals surface area contributed by atoms with E-state index in [0.29, 0.717) is 5.92 Å². The summed E-state index contributed by atoms with van der Waals surface area (Å²) >= 11 is 0. The molecule has 0 atom stereocenters. The van der Waals surface area contributed by atoms with E-state index in [9.17, 15) is 0 Å². The van der Waals surface area contributed by atoms with Crippen LogP contribution >= 0.6 is 0 Å². The van der Waals surface area contributed by atoms with Gasteiger partial charge in [-0.1, -0.05) is 13.8 Å². The third-order valence-corrected chi connectivity index (χ3v) is 3.73. The first-order valence-electron chi connectivity index (χ1n) is 7.39. The van der Waals surface area contributed by atoms with Crippen molar-refractivity contribution in [2.45, 2.75) is 40.2 Å². The van der Waals surface area contributed by atoms with Crippen molar-refractivity contribution < 1.29 is 0 Å². The van der Waals surface area contributed by atoms with Gasteiger partial charge in [0.1, 0.15) is 0 Å². The van der Waals surface area contributed by atoms with Crippen LogP contribution in [0.15, 0.2) is 30.6 Å². The summed E-state index contributed by atoms with van der Waals surface area (Å²) in [5.41, 5.74) is 5.45. The Morgan fingerprint density at radius 2 is 2.05 bits per heavy atom. The Labute approximate surface area is 124 Å². The summed E-state index contributed by atoms with van der Waals surface area (Å²) in [4.78, 5) is 9.09. The van der Waals surface area contributed by atoms with Gasteiger partial charge in [0.25, 0.3) is 0 Å². The average molecular weight is 280 g/mol. The Bertz CT molecular complexity index is 787. The third kappa shape index (κ3) is 2.42. The Kier molecular flexibility index (Phi) is 3.45. The topological polar surface area (TPSA) is 43.6 Å². The molecule has 0 fully saturated rings. The number of aromatic nitrogens is 4. The van der Waals surface area contributed by atoms with Crippen LogP contribution < -0.4 is 0 Å². The van der Waals surface area contributed by atoms with Crippen LogP contribution in [0, 0.1) is 6.92 Å². The molecule has 4 heteroatoms. The lowest BCUT2D eigenvalue weighted by molar-refractivity contribution is 0.673. The molecule has 0 aromatic carbocycles. The maximum absolute atomic E-state index is 4.80. The molecule has 3 rings (SSSR count). The van der Waals surface area contributed by atoms with Gasteiger partial charge < -0.3 is 0 Å². The Morgan fingerprint density at radius 3 is 2.71 bits per heavy atom. The number of hydrogen-bond acceptors (Lipinski definition) is 3. The lowest BCUT2D eigenvalue weighted by atomic mass is 10.00. The first kappa shape index (κ1) is 13.7. The molecule has 108 valence electrons. The van der Waals surface area contributed by atoms with Gasteiger partial charge in [0, 0.05) is 29.5 Å². The van der Waals surface area contributed by atoms with E-state index in [1.807, 2.05) is 24.0 Å². The molecule has 21 heavy (non-hydrogen) atoms. The monoisotopic (exact) mass is 280 g/mol. The van der Waals surface area contributed by atoms with Crippen LogP contribution in [0.1, 0.15) is 38.1 Å². The highest BCUT2D eigenvalue weighted by molar-refractivity contribution is 5.92. The zero-order valence-electron chi connectivity index (χ0n) is 13.0. The number of pyridine rings is 2. The minimum atomic E-state index is 0.385. The largest absolute Gasteiger partial charge is 0.262 e. The van der Waals surface area contributed by atoms with Gasteiger partial charge in [-0.15, -0.1) is 0 Å². The van der Waals surface area contributed by atoms with E-state index in [1.54, 1.807) is 0 Å². The molecule has 0 radical (unpaired) electrons. The molecule has 0 saturated heterocycles. The normalized spacial score (nSPS) is 11.5. The maximum atomic E-state index is 4.80. The quantitative estimate of drug-likeness (QED) is 0.729. The fourth-order valence-electron chi connectivity index (χ4n) is 2.55. The highest BCUT2D eigenvalue weighted by atomic mass is 15.3. The first-order chi connectivity index (χ1) is 10.1. The second-order valence-electron chi connectivity index (χ2n) is 5.63. The molecule has 0 unspecified atom stereocenters. The van der Waals surface area contributed by atoms with E-state index in [1.165, 1.54) is 11.1 Å². The predicted molar refractivity (Wildman–Crippen MR) is 85.3 cm³/mol. The number of fused-ring (bicyclic) bond motifs is 1. The molecule has 0 aliphatic carbocycles. The van der Waals surface area contributed by atoms with E-state index in [0.717, 1.165) is 29.0 Å². The molecule has 0 saturated carbocycles. The smallest absolute Gasteiger partial charge is 0.158 e.